The van der Waals surface area contributed by atoms with Crippen LogP contribution in [0.4, 0.5) is 0 Å². The molecule has 0 spiro atoms. The van der Waals surface area contributed by atoms with Crippen molar-refractivity contribution in [3.8, 4) is 0 Å². The van der Waals surface area contributed by atoms with Gasteiger partial charge in [0.1, 0.15) is 0 Å². The van der Waals surface area contributed by atoms with Crippen LogP contribution in [0.15, 0.2) is 48.5 Å². The molecule has 0 bridgehead atoms. The van der Waals surface area contributed by atoms with E-state index in [1.54, 1.807) is 18.2 Å². The zero-order valence-electron chi connectivity index (χ0n) is 11.6. The van der Waals surface area contributed by atoms with E-state index >= 15 is 0 Å². The molecule has 102 valence electrons. The molecule has 0 aliphatic rings. The number of ketones is 1. The summed E-state index contributed by atoms with van der Waals surface area (Å²) in [5, 5.41) is 0. The van der Waals surface area contributed by atoms with Crippen molar-refractivity contribution in [3.63, 3.8) is 0 Å². The summed E-state index contributed by atoms with van der Waals surface area (Å²) in [5.74, 6) is -0.346. The molecule has 0 radical (unpaired) electrons. The van der Waals surface area contributed by atoms with Gasteiger partial charge in [0.25, 0.3) is 0 Å². The van der Waals surface area contributed by atoms with E-state index in [9.17, 15) is 9.59 Å². The molecule has 0 atom stereocenters. The molecule has 20 heavy (non-hydrogen) atoms. The third kappa shape index (κ3) is 3.12. The van der Waals surface area contributed by atoms with Gasteiger partial charge in [0.05, 0.1) is 13.5 Å². The molecule has 2 rings (SSSR count). The number of esters is 1. The summed E-state index contributed by atoms with van der Waals surface area (Å²) in [6, 6.07) is 14.6. The molecule has 0 aromatic heterocycles. The van der Waals surface area contributed by atoms with Gasteiger partial charge in [0.2, 0.25) is 0 Å². The van der Waals surface area contributed by atoms with Gasteiger partial charge in [-0.15, -0.1) is 0 Å². The zero-order chi connectivity index (χ0) is 14.5. The lowest BCUT2D eigenvalue weighted by Gasteiger charge is -2.08. The first kappa shape index (κ1) is 14.0. The summed E-state index contributed by atoms with van der Waals surface area (Å²) >= 11 is 0. The van der Waals surface area contributed by atoms with Crippen molar-refractivity contribution in [1.29, 1.82) is 0 Å². The van der Waals surface area contributed by atoms with Gasteiger partial charge < -0.3 is 4.74 Å². The maximum Gasteiger partial charge on any atom is 0.309 e. The maximum absolute atomic E-state index is 12.5. The Morgan fingerprint density at radius 1 is 1.05 bits per heavy atom. The first-order chi connectivity index (χ1) is 9.61. The number of carbonyl (C=O) groups is 2. The summed E-state index contributed by atoms with van der Waals surface area (Å²) in [6.45, 7) is 1.89. The van der Waals surface area contributed by atoms with Gasteiger partial charge in [-0.1, -0.05) is 42.5 Å². The highest BCUT2D eigenvalue weighted by molar-refractivity contribution is 6.10. The van der Waals surface area contributed by atoms with Crippen LogP contribution in [0.5, 0.6) is 0 Å². The van der Waals surface area contributed by atoms with Gasteiger partial charge in [0.15, 0.2) is 5.78 Å². The van der Waals surface area contributed by atoms with Gasteiger partial charge in [-0.2, -0.15) is 0 Å². The highest BCUT2D eigenvalue weighted by atomic mass is 16.5. The van der Waals surface area contributed by atoms with Crippen LogP contribution in [0.2, 0.25) is 0 Å². The molecule has 0 aliphatic carbocycles. The van der Waals surface area contributed by atoms with Gasteiger partial charge in [-0.3, -0.25) is 9.59 Å². The third-order valence-corrected chi connectivity index (χ3v) is 3.16. The van der Waals surface area contributed by atoms with Crippen molar-refractivity contribution in [3.05, 3.63) is 70.8 Å². The molecule has 0 saturated heterocycles. The maximum atomic E-state index is 12.5. The Balaban J connectivity index is 2.34. The number of hydrogen-bond donors (Lipinski definition) is 0. The monoisotopic (exact) mass is 268 g/mol. The number of carbonyl (C=O) groups excluding carboxylic acids is 2. The predicted octanol–water partition coefficient (Wildman–Crippen LogP) is 2.94. The van der Waals surface area contributed by atoms with Crippen LogP contribution in [0.25, 0.3) is 0 Å². The molecule has 0 N–H and O–H groups in total. The Morgan fingerprint density at radius 2 is 1.75 bits per heavy atom. The minimum Gasteiger partial charge on any atom is -0.469 e. The highest BCUT2D eigenvalue weighted by Gasteiger charge is 2.13. The zero-order valence-corrected chi connectivity index (χ0v) is 11.6. The van der Waals surface area contributed by atoms with Crippen LogP contribution < -0.4 is 0 Å². The minimum absolute atomic E-state index is 0.0326. The van der Waals surface area contributed by atoms with Crippen LogP contribution >= 0.6 is 0 Å². The number of benzene rings is 2. The molecule has 0 heterocycles. The summed E-state index contributed by atoms with van der Waals surface area (Å²) in [4.78, 5) is 23.8. The van der Waals surface area contributed by atoms with Gasteiger partial charge >= 0.3 is 5.97 Å². The topological polar surface area (TPSA) is 43.4 Å². The van der Waals surface area contributed by atoms with E-state index in [1.165, 1.54) is 7.11 Å². The highest BCUT2D eigenvalue weighted by Crippen LogP contribution is 2.16. The largest absolute Gasteiger partial charge is 0.469 e. The van der Waals surface area contributed by atoms with Crippen LogP contribution in [0.3, 0.4) is 0 Å². The number of aryl methyl sites for hydroxylation is 1. The first-order valence-electron chi connectivity index (χ1n) is 6.38. The van der Waals surface area contributed by atoms with E-state index in [-0.39, 0.29) is 18.2 Å². The SMILES string of the molecule is COC(=O)Cc1ccc(C)c(C(=O)c2ccccc2)c1. The molecular weight excluding hydrogens is 252 g/mol. The Morgan fingerprint density at radius 3 is 2.40 bits per heavy atom. The van der Waals surface area contributed by atoms with Crippen LogP contribution in [-0.2, 0) is 16.0 Å². The summed E-state index contributed by atoms with van der Waals surface area (Å²) in [5.41, 5.74) is 2.94. The Bertz CT molecular complexity index is 630. The lowest BCUT2D eigenvalue weighted by Crippen LogP contribution is -2.08. The normalized spacial score (nSPS) is 10.1. The van der Waals surface area contributed by atoms with E-state index in [0.717, 1.165) is 11.1 Å². The third-order valence-electron chi connectivity index (χ3n) is 3.16. The smallest absolute Gasteiger partial charge is 0.309 e. The average molecular weight is 268 g/mol. The minimum atomic E-state index is -0.313. The molecule has 0 aliphatic heterocycles. The molecule has 0 unspecified atom stereocenters. The molecule has 2 aromatic carbocycles. The van der Waals surface area contributed by atoms with Crippen molar-refractivity contribution >= 4 is 11.8 Å². The second-order valence-electron chi connectivity index (χ2n) is 4.60. The Kier molecular flexibility index (Phi) is 4.31. The predicted molar refractivity (Wildman–Crippen MR) is 76.8 cm³/mol. The lowest BCUT2D eigenvalue weighted by molar-refractivity contribution is -0.139. The van der Waals surface area contributed by atoms with E-state index in [0.29, 0.717) is 11.1 Å². The fourth-order valence-electron chi connectivity index (χ4n) is 2.01. The second-order valence-corrected chi connectivity index (χ2v) is 4.60. The average Bonchev–Trinajstić information content (AvgIpc) is 2.49. The van der Waals surface area contributed by atoms with Crippen molar-refractivity contribution < 1.29 is 14.3 Å². The van der Waals surface area contributed by atoms with Crippen LogP contribution in [-0.4, -0.2) is 18.9 Å². The lowest BCUT2D eigenvalue weighted by atomic mass is 9.96. The summed E-state index contributed by atoms with van der Waals surface area (Å²) < 4.78 is 4.65. The molecule has 3 nitrogen and oxygen atoms in total. The molecule has 0 fully saturated rings. The molecular formula is C17H16O3. The van der Waals surface area contributed by atoms with Crippen molar-refractivity contribution in [2.24, 2.45) is 0 Å². The quantitative estimate of drug-likeness (QED) is 0.632. The van der Waals surface area contributed by atoms with E-state index < -0.39 is 0 Å². The van der Waals surface area contributed by atoms with Crippen molar-refractivity contribution in [1.82, 2.24) is 0 Å². The Labute approximate surface area is 118 Å². The van der Waals surface area contributed by atoms with Crippen molar-refractivity contribution in [2.45, 2.75) is 13.3 Å². The van der Waals surface area contributed by atoms with Crippen LogP contribution in [0.1, 0.15) is 27.0 Å². The summed E-state index contributed by atoms with van der Waals surface area (Å²) in [7, 11) is 1.35. The standard InChI is InChI=1S/C17H16O3/c1-12-8-9-13(11-16(18)20-2)10-15(12)17(19)14-6-4-3-5-7-14/h3-10H,11H2,1-2H3. The molecule has 2 aromatic rings. The van der Waals surface area contributed by atoms with Crippen LogP contribution in [0, 0.1) is 6.92 Å². The fourth-order valence-corrected chi connectivity index (χ4v) is 2.01. The van der Waals surface area contributed by atoms with Crippen molar-refractivity contribution in [2.75, 3.05) is 7.11 Å². The number of ether oxygens (including phenoxy) is 1. The van der Waals surface area contributed by atoms with E-state index in [1.807, 2.05) is 37.3 Å². The van der Waals surface area contributed by atoms with E-state index in [4.69, 9.17) is 0 Å². The van der Waals surface area contributed by atoms with Gasteiger partial charge in [-0.05, 0) is 24.1 Å². The number of hydrogen-bond acceptors (Lipinski definition) is 3. The molecule has 0 saturated carbocycles. The number of rotatable bonds is 4. The second kappa shape index (κ2) is 6.15. The molecule has 3 heteroatoms. The Hall–Kier alpha value is -2.42. The number of methoxy groups -OCH3 is 1. The molecule has 0 amide bonds. The first-order valence-corrected chi connectivity index (χ1v) is 6.38. The summed E-state index contributed by atoms with van der Waals surface area (Å²) in [6.07, 6.45) is 0.172. The van der Waals surface area contributed by atoms with Gasteiger partial charge in [-0.25, -0.2) is 0 Å². The fraction of sp³-hybridized carbons (Fsp3) is 0.176. The van der Waals surface area contributed by atoms with Gasteiger partial charge in [0, 0.05) is 11.1 Å². The van der Waals surface area contributed by atoms with E-state index in [2.05, 4.69) is 4.74 Å².